The lowest BCUT2D eigenvalue weighted by molar-refractivity contribution is -0.142. The number of phenolic OH excluding ortho intramolecular Hbond substituents is 1. The van der Waals surface area contributed by atoms with Gasteiger partial charge in [0, 0.05) is 12.8 Å². The van der Waals surface area contributed by atoms with Crippen LogP contribution in [0.4, 0.5) is 0 Å². The van der Waals surface area contributed by atoms with Gasteiger partial charge in [-0.05, 0) is 37.0 Å². The first kappa shape index (κ1) is 28.4. The molecular formula is C22H32N4O8. The van der Waals surface area contributed by atoms with E-state index in [4.69, 9.17) is 10.8 Å². The van der Waals surface area contributed by atoms with Crippen molar-refractivity contribution < 1.29 is 39.3 Å². The number of carbonyl (C=O) groups excluding carboxylic acids is 3. The molecule has 0 aliphatic carbocycles. The summed E-state index contributed by atoms with van der Waals surface area (Å²) in [7, 11) is 0. The van der Waals surface area contributed by atoms with Gasteiger partial charge < -0.3 is 37.0 Å². The van der Waals surface area contributed by atoms with Crippen LogP contribution in [0.1, 0.15) is 39.2 Å². The van der Waals surface area contributed by atoms with Gasteiger partial charge in [-0.2, -0.15) is 0 Å². The summed E-state index contributed by atoms with van der Waals surface area (Å²) in [5.74, 6) is -5.15. The van der Waals surface area contributed by atoms with Crippen LogP contribution in [-0.4, -0.2) is 69.1 Å². The van der Waals surface area contributed by atoms with Gasteiger partial charge in [0.15, 0.2) is 0 Å². The largest absolute Gasteiger partial charge is 0.508 e. The number of rotatable bonds is 13. The topological polar surface area (TPSA) is 208 Å². The summed E-state index contributed by atoms with van der Waals surface area (Å²) in [4.78, 5) is 60.2. The third kappa shape index (κ3) is 9.45. The fraction of sp³-hybridized carbons (Fsp3) is 0.500. The lowest BCUT2D eigenvalue weighted by atomic mass is 10.0. The molecule has 0 heterocycles. The number of carboxylic acids is 2. The maximum Gasteiger partial charge on any atom is 0.326 e. The molecule has 0 aliphatic rings. The smallest absolute Gasteiger partial charge is 0.326 e. The van der Waals surface area contributed by atoms with Crippen molar-refractivity contribution in [3.05, 3.63) is 29.8 Å². The van der Waals surface area contributed by atoms with Crippen LogP contribution in [-0.2, 0) is 30.4 Å². The Balaban J connectivity index is 2.97. The second-order valence-electron chi connectivity index (χ2n) is 8.28. The monoisotopic (exact) mass is 480 g/mol. The van der Waals surface area contributed by atoms with Crippen LogP contribution in [0.25, 0.3) is 0 Å². The van der Waals surface area contributed by atoms with Gasteiger partial charge in [-0.1, -0.05) is 26.0 Å². The highest BCUT2D eigenvalue weighted by Gasteiger charge is 2.31. The Labute approximate surface area is 196 Å². The standard InChI is InChI=1S/C22H32N4O8/c1-11(2)18(26-20(31)15(8-9-17(28)29)24-19(30)12(3)23)21(32)25-16(22(33)34)10-13-4-6-14(27)7-5-13/h4-7,11-12,15-16,18,27H,8-10,23H2,1-3H3,(H,24,30)(H,25,32)(H,26,31)(H,28,29)(H,33,34). The number of phenols is 1. The van der Waals surface area contributed by atoms with Gasteiger partial charge in [-0.15, -0.1) is 0 Å². The quantitative estimate of drug-likeness (QED) is 0.191. The molecule has 0 bridgehead atoms. The fourth-order valence-corrected chi connectivity index (χ4v) is 2.96. The van der Waals surface area contributed by atoms with Gasteiger partial charge in [0.25, 0.3) is 0 Å². The summed E-state index contributed by atoms with van der Waals surface area (Å²) < 4.78 is 0. The Morgan fingerprint density at radius 1 is 0.853 bits per heavy atom. The average Bonchev–Trinajstić information content (AvgIpc) is 2.74. The van der Waals surface area contributed by atoms with Gasteiger partial charge in [0.2, 0.25) is 17.7 Å². The van der Waals surface area contributed by atoms with Crippen LogP contribution in [0.15, 0.2) is 24.3 Å². The van der Waals surface area contributed by atoms with E-state index in [1.807, 2.05) is 0 Å². The van der Waals surface area contributed by atoms with Crippen molar-refractivity contribution in [3.8, 4) is 5.75 Å². The van der Waals surface area contributed by atoms with Crippen molar-refractivity contribution in [2.45, 2.75) is 64.2 Å². The molecule has 0 radical (unpaired) electrons. The molecule has 4 atom stereocenters. The van der Waals surface area contributed by atoms with Crippen LogP contribution in [0.3, 0.4) is 0 Å². The zero-order valence-electron chi connectivity index (χ0n) is 19.3. The van der Waals surface area contributed by atoms with Crippen LogP contribution in [0.5, 0.6) is 5.75 Å². The molecule has 34 heavy (non-hydrogen) atoms. The summed E-state index contributed by atoms with van der Waals surface area (Å²) in [5.41, 5.74) is 6.06. The van der Waals surface area contributed by atoms with Crippen LogP contribution >= 0.6 is 0 Å². The van der Waals surface area contributed by atoms with E-state index in [0.29, 0.717) is 5.56 Å². The molecule has 8 N–H and O–H groups in total. The first-order chi connectivity index (χ1) is 15.8. The van der Waals surface area contributed by atoms with E-state index in [1.165, 1.54) is 31.2 Å². The predicted octanol–water partition coefficient (Wildman–Crippen LogP) is -0.658. The maximum atomic E-state index is 12.9. The summed E-state index contributed by atoms with van der Waals surface area (Å²) >= 11 is 0. The van der Waals surface area contributed by atoms with E-state index in [-0.39, 0.29) is 18.6 Å². The minimum Gasteiger partial charge on any atom is -0.508 e. The SMILES string of the molecule is CC(N)C(=O)NC(CCC(=O)O)C(=O)NC(C(=O)NC(Cc1ccc(O)cc1)C(=O)O)C(C)C. The number of aliphatic carboxylic acids is 2. The summed E-state index contributed by atoms with van der Waals surface area (Å²) in [5, 5.41) is 35.1. The maximum absolute atomic E-state index is 12.9. The molecule has 0 aliphatic heterocycles. The molecule has 0 saturated heterocycles. The first-order valence-corrected chi connectivity index (χ1v) is 10.7. The molecule has 3 amide bonds. The Hall–Kier alpha value is -3.67. The number of benzene rings is 1. The van der Waals surface area contributed by atoms with Crippen LogP contribution in [0.2, 0.25) is 0 Å². The third-order valence-electron chi connectivity index (χ3n) is 4.93. The number of hydrogen-bond donors (Lipinski definition) is 7. The zero-order chi connectivity index (χ0) is 26.0. The minimum absolute atomic E-state index is 0.0100. The van der Waals surface area contributed by atoms with Gasteiger partial charge in [0.05, 0.1) is 6.04 Å². The highest BCUT2D eigenvalue weighted by atomic mass is 16.4. The zero-order valence-corrected chi connectivity index (χ0v) is 19.3. The van der Waals surface area contributed by atoms with E-state index < -0.39 is 66.2 Å². The average molecular weight is 481 g/mol. The van der Waals surface area contributed by atoms with E-state index in [9.17, 15) is 34.2 Å². The third-order valence-corrected chi connectivity index (χ3v) is 4.93. The highest BCUT2D eigenvalue weighted by Crippen LogP contribution is 2.12. The minimum atomic E-state index is -1.31. The normalized spacial score (nSPS) is 14.4. The molecule has 4 unspecified atom stereocenters. The number of carbonyl (C=O) groups is 5. The van der Waals surface area contributed by atoms with Crippen molar-refractivity contribution in [1.29, 1.82) is 0 Å². The molecule has 1 aromatic carbocycles. The van der Waals surface area contributed by atoms with Gasteiger partial charge in [-0.3, -0.25) is 19.2 Å². The summed E-state index contributed by atoms with van der Waals surface area (Å²) in [6, 6.07) is 1.16. The Morgan fingerprint density at radius 3 is 1.88 bits per heavy atom. The fourth-order valence-electron chi connectivity index (χ4n) is 2.96. The molecule has 0 saturated carbocycles. The van der Waals surface area contributed by atoms with Gasteiger partial charge in [0.1, 0.15) is 23.9 Å². The number of amides is 3. The molecule has 12 nitrogen and oxygen atoms in total. The lowest BCUT2D eigenvalue weighted by Gasteiger charge is -2.27. The van der Waals surface area contributed by atoms with Crippen molar-refractivity contribution >= 4 is 29.7 Å². The molecule has 12 heteroatoms. The van der Waals surface area contributed by atoms with E-state index >= 15 is 0 Å². The van der Waals surface area contributed by atoms with E-state index in [2.05, 4.69) is 16.0 Å². The predicted molar refractivity (Wildman–Crippen MR) is 121 cm³/mol. The molecule has 0 fully saturated rings. The molecule has 0 aromatic heterocycles. The van der Waals surface area contributed by atoms with Crippen LogP contribution < -0.4 is 21.7 Å². The van der Waals surface area contributed by atoms with Gasteiger partial charge >= 0.3 is 11.9 Å². The van der Waals surface area contributed by atoms with Gasteiger partial charge in [-0.25, -0.2) is 4.79 Å². The Kier molecular flexibility index (Phi) is 11.0. The van der Waals surface area contributed by atoms with E-state index in [0.717, 1.165) is 0 Å². The molecule has 1 aromatic rings. The molecule has 0 spiro atoms. The molecule has 188 valence electrons. The number of aromatic hydroxyl groups is 1. The Bertz CT molecular complexity index is 885. The van der Waals surface area contributed by atoms with Crippen molar-refractivity contribution in [1.82, 2.24) is 16.0 Å². The lowest BCUT2D eigenvalue weighted by Crippen LogP contribution is -2.58. The Morgan fingerprint density at radius 2 is 1.41 bits per heavy atom. The number of carboxylic acid groups (broad SMARTS) is 2. The van der Waals surface area contributed by atoms with Crippen molar-refractivity contribution in [3.63, 3.8) is 0 Å². The number of nitrogens with two attached hydrogens (primary N) is 1. The molecule has 1 rings (SSSR count). The van der Waals surface area contributed by atoms with Crippen molar-refractivity contribution in [2.75, 3.05) is 0 Å². The first-order valence-electron chi connectivity index (χ1n) is 10.7. The summed E-state index contributed by atoms with van der Waals surface area (Å²) in [6.07, 6.45) is -0.708. The summed E-state index contributed by atoms with van der Waals surface area (Å²) in [6.45, 7) is 4.66. The number of nitrogens with one attached hydrogen (secondary N) is 3. The molecular weight excluding hydrogens is 448 g/mol. The highest BCUT2D eigenvalue weighted by molar-refractivity contribution is 5.94. The van der Waals surface area contributed by atoms with Crippen molar-refractivity contribution in [2.24, 2.45) is 11.7 Å². The van der Waals surface area contributed by atoms with E-state index in [1.54, 1.807) is 13.8 Å². The van der Waals surface area contributed by atoms with Crippen LogP contribution in [0, 0.1) is 5.92 Å². The second kappa shape index (κ2) is 13.1. The number of hydrogen-bond acceptors (Lipinski definition) is 7. The second-order valence-corrected chi connectivity index (χ2v) is 8.28.